The third-order valence-electron chi connectivity index (χ3n) is 4.35. The summed E-state index contributed by atoms with van der Waals surface area (Å²) in [5.74, 6) is 0.434. The molecule has 25 heavy (non-hydrogen) atoms. The van der Waals surface area contributed by atoms with Gasteiger partial charge in [0.15, 0.2) is 0 Å². The lowest BCUT2D eigenvalue weighted by molar-refractivity contribution is -0.124. The van der Waals surface area contributed by atoms with E-state index in [2.05, 4.69) is 29.5 Å². The van der Waals surface area contributed by atoms with Crippen molar-refractivity contribution in [3.05, 3.63) is 35.9 Å². The summed E-state index contributed by atoms with van der Waals surface area (Å²) in [6.07, 6.45) is 3.43. The van der Waals surface area contributed by atoms with E-state index in [4.69, 9.17) is 4.74 Å². The SMILES string of the molecule is CCCc1ccc(-c2cc(NC(=O)[C@@H]3CCCO3)n(CCO)n2)cc1. The zero-order valence-electron chi connectivity index (χ0n) is 14.6. The third-order valence-corrected chi connectivity index (χ3v) is 4.35. The molecule has 6 heteroatoms. The summed E-state index contributed by atoms with van der Waals surface area (Å²) in [5, 5.41) is 16.7. The Balaban J connectivity index is 1.79. The molecule has 2 N–H and O–H groups in total. The van der Waals surface area contributed by atoms with Gasteiger partial charge in [-0.05, 0) is 24.8 Å². The maximum absolute atomic E-state index is 12.3. The zero-order valence-corrected chi connectivity index (χ0v) is 14.6. The standard InChI is InChI=1S/C19H25N3O3/c1-2-4-14-6-8-15(9-7-14)16-13-18(22(21-16)10-11-23)20-19(24)17-5-3-12-25-17/h6-9,13,17,23H,2-5,10-12H2,1H3,(H,20,24)/t17-/m0/s1. The molecule has 1 saturated heterocycles. The molecule has 6 nitrogen and oxygen atoms in total. The van der Waals surface area contributed by atoms with E-state index in [1.807, 2.05) is 18.2 Å². The number of nitrogens with zero attached hydrogens (tertiary/aromatic N) is 2. The number of aromatic nitrogens is 2. The van der Waals surface area contributed by atoms with Crippen LogP contribution in [-0.2, 0) is 22.5 Å². The van der Waals surface area contributed by atoms with Gasteiger partial charge in [0.1, 0.15) is 11.9 Å². The quantitative estimate of drug-likeness (QED) is 0.810. The minimum absolute atomic E-state index is 0.0423. The number of aliphatic hydroxyl groups excluding tert-OH is 1. The van der Waals surface area contributed by atoms with Crippen molar-refractivity contribution < 1.29 is 14.6 Å². The van der Waals surface area contributed by atoms with E-state index in [9.17, 15) is 9.90 Å². The summed E-state index contributed by atoms with van der Waals surface area (Å²) >= 11 is 0. The fourth-order valence-electron chi connectivity index (χ4n) is 3.05. The lowest BCUT2D eigenvalue weighted by Crippen LogP contribution is -2.28. The van der Waals surface area contributed by atoms with Crippen LogP contribution in [0.1, 0.15) is 31.7 Å². The van der Waals surface area contributed by atoms with Gasteiger partial charge in [0.25, 0.3) is 5.91 Å². The highest BCUT2D eigenvalue weighted by Gasteiger charge is 2.24. The first kappa shape index (κ1) is 17.6. The van der Waals surface area contributed by atoms with Crippen molar-refractivity contribution in [3.8, 4) is 11.3 Å². The van der Waals surface area contributed by atoms with E-state index in [0.29, 0.717) is 19.0 Å². The lowest BCUT2D eigenvalue weighted by atomic mass is 10.1. The molecule has 0 bridgehead atoms. The highest BCUT2D eigenvalue weighted by Crippen LogP contribution is 2.24. The van der Waals surface area contributed by atoms with Gasteiger partial charge in [-0.15, -0.1) is 0 Å². The van der Waals surface area contributed by atoms with Gasteiger partial charge in [0.05, 0.1) is 18.8 Å². The van der Waals surface area contributed by atoms with Gasteiger partial charge in [0.2, 0.25) is 0 Å². The van der Waals surface area contributed by atoms with Gasteiger partial charge in [-0.3, -0.25) is 4.79 Å². The number of aliphatic hydroxyl groups is 1. The van der Waals surface area contributed by atoms with Crippen LogP contribution >= 0.6 is 0 Å². The zero-order chi connectivity index (χ0) is 17.6. The molecule has 0 radical (unpaired) electrons. The van der Waals surface area contributed by atoms with Gasteiger partial charge in [-0.1, -0.05) is 37.6 Å². The van der Waals surface area contributed by atoms with Crippen molar-refractivity contribution >= 4 is 11.7 Å². The van der Waals surface area contributed by atoms with Crippen LogP contribution in [0.3, 0.4) is 0 Å². The summed E-state index contributed by atoms with van der Waals surface area (Å²) < 4.78 is 7.05. The van der Waals surface area contributed by atoms with Crippen molar-refractivity contribution in [1.29, 1.82) is 0 Å². The van der Waals surface area contributed by atoms with E-state index < -0.39 is 6.10 Å². The largest absolute Gasteiger partial charge is 0.394 e. The highest BCUT2D eigenvalue weighted by molar-refractivity contribution is 5.94. The second kappa shape index (κ2) is 8.27. The van der Waals surface area contributed by atoms with Crippen LogP contribution in [0.15, 0.2) is 30.3 Å². The predicted molar refractivity (Wildman–Crippen MR) is 96.3 cm³/mol. The Kier molecular flexibility index (Phi) is 5.83. The fraction of sp³-hybridized carbons (Fsp3) is 0.474. The molecule has 3 rings (SSSR count). The summed E-state index contributed by atoms with van der Waals surface area (Å²) in [7, 11) is 0. The lowest BCUT2D eigenvalue weighted by Gasteiger charge is -2.11. The number of carbonyl (C=O) groups is 1. The van der Waals surface area contributed by atoms with E-state index in [-0.39, 0.29) is 12.5 Å². The Morgan fingerprint density at radius 2 is 2.20 bits per heavy atom. The second-order valence-corrected chi connectivity index (χ2v) is 6.30. The summed E-state index contributed by atoms with van der Waals surface area (Å²) in [5.41, 5.74) is 3.07. The number of amides is 1. The molecule has 0 saturated carbocycles. The molecule has 1 amide bonds. The molecule has 1 aromatic carbocycles. The van der Waals surface area contributed by atoms with Crippen LogP contribution in [0, 0.1) is 0 Å². The first-order valence-corrected chi connectivity index (χ1v) is 8.91. The van der Waals surface area contributed by atoms with Gasteiger partial charge >= 0.3 is 0 Å². The Hall–Kier alpha value is -2.18. The first-order chi connectivity index (χ1) is 12.2. The third kappa shape index (κ3) is 4.27. The van der Waals surface area contributed by atoms with Crippen LogP contribution in [0.5, 0.6) is 0 Å². The minimum Gasteiger partial charge on any atom is -0.394 e. The number of benzene rings is 1. The predicted octanol–water partition coefficient (Wildman–Crippen LogP) is 2.61. The van der Waals surface area contributed by atoms with Crippen molar-refractivity contribution in [2.45, 2.75) is 45.3 Å². The number of hydrogen-bond acceptors (Lipinski definition) is 4. The van der Waals surface area contributed by atoms with Crippen LogP contribution in [0.4, 0.5) is 5.82 Å². The number of carbonyl (C=O) groups excluding carboxylic acids is 1. The van der Waals surface area contributed by atoms with E-state index in [0.717, 1.165) is 36.9 Å². The summed E-state index contributed by atoms with van der Waals surface area (Å²) in [6.45, 7) is 3.07. The molecule has 1 aromatic heterocycles. The van der Waals surface area contributed by atoms with Crippen LogP contribution < -0.4 is 5.32 Å². The highest BCUT2D eigenvalue weighted by atomic mass is 16.5. The summed E-state index contributed by atoms with van der Waals surface area (Å²) in [4.78, 5) is 12.3. The van der Waals surface area contributed by atoms with Crippen LogP contribution in [0.2, 0.25) is 0 Å². The molecule has 0 unspecified atom stereocenters. The average Bonchev–Trinajstić information content (AvgIpc) is 3.27. The van der Waals surface area contributed by atoms with Gasteiger partial charge < -0.3 is 15.2 Å². The summed E-state index contributed by atoms with van der Waals surface area (Å²) in [6, 6.07) is 10.1. The maximum Gasteiger partial charge on any atom is 0.254 e. The van der Waals surface area contributed by atoms with E-state index in [1.165, 1.54) is 5.56 Å². The van der Waals surface area contributed by atoms with Crippen molar-refractivity contribution in [2.24, 2.45) is 0 Å². The Labute approximate surface area is 147 Å². The molecule has 2 heterocycles. The number of aryl methyl sites for hydroxylation is 1. The number of nitrogens with one attached hydrogen (secondary N) is 1. The van der Waals surface area contributed by atoms with Gasteiger partial charge in [-0.25, -0.2) is 4.68 Å². The maximum atomic E-state index is 12.3. The van der Waals surface area contributed by atoms with Crippen molar-refractivity contribution in [2.75, 3.05) is 18.5 Å². The molecule has 2 aromatic rings. The molecule has 1 fully saturated rings. The molecule has 0 aliphatic carbocycles. The molecule has 1 aliphatic heterocycles. The fourth-order valence-corrected chi connectivity index (χ4v) is 3.05. The topological polar surface area (TPSA) is 76.4 Å². The molecule has 1 aliphatic rings. The molecular formula is C19H25N3O3. The average molecular weight is 343 g/mol. The Morgan fingerprint density at radius 3 is 2.84 bits per heavy atom. The van der Waals surface area contributed by atoms with Crippen molar-refractivity contribution in [1.82, 2.24) is 9.78 Å². The number of ether oxygens (including phenoxy) is 1. The Morgan fingerprint density at radius 1 is 1.40 bits per heavy atom. The van der Waals surface area contributed by atoms with Gasteiger partial charge in [0, 0.05) is 18.2 Å². The molecule has 134 valence electrons. The van der Waals surface area contributed by atoms with E-state index >= 15 is 0 Å². The Bertz CT molecular complexity index is 703. The number of rotatable bonds is 7. The normalized spacial score (nSPS) is 17.0. The van der Waals surface area contributed by atoms with Gasteiger partial charge in [-0.2, -0.15) is 5.10 Å². The minimum atomic E-state index is -0.394. The van der Waals surface area contributed by atoms with Crippen molar-refractivity contribution in [3.63, 3.8) is 0 Å². The molecular weight excluding hydrogens is 318 g/mol. The van der Waals surface area contributed by atoms with Crippen LogP contribution in [0.25, 0.3) is 11.3 Å². The second-order valence-electron chi connectivity index (χ2n) is 6.30. The number of hydrogen-bond donors (Lipinski definition) is 2. The van der Waals surface area contributed by atoms with Crippen LogP contribution in [-0.4, -0.2) is 40.1 Å². The number of anilines is 1. The molecule has 1 atom stereocenters. The van der Waals surface area contributed by atoms with E-state index in [1.54, 1.807) is 4.68 Å². The molecule has 0 spiro atoms. The smallest absolute Gasteiger partial charge is 0.254 e. The monoisotopic (exact) mass is 343 g/mol. The first-order valence-electron chi connectivity index (χ1n) is 8.91.